The lowest BCUT2D eigenvalue weighted by molar-refractivity contribution is 0.372. The minimum absolute atomic E-state index is 0.140. The van der Waals surface area contributed by atoms with Gasteiger partial charge in [0, 0.05) is 18.2 Å². The highest BCUT2D eigenvalue weighted by atomic mass is 16.5. The first-order valence-corrected chi connectivity index (χ1v) is 6.55. The predicted octanol–water partition coefficient (Wildman–Crippen LogP) is 2.86. The number of hydrogen-bond donors (Lipinski definition) is 2. The summed E-state index contributed by atoms with van der Waals surface area (Å²) >= 11 is 0. The Morgan fingerprint density at radius 2 is 2.15 bits per heavy atom. The summed E-state index contributed by atoms with van der Waals surface area (Å²) in [6, 6.07) is 5.46. The first kappa shape index (κ1) is 14.4. The summed E-state index contributed by atoms with van der Waals surface area (Å²) < 4.78 is 10.3. The van der Waals surface area contributed by atoms with Crippen LogP contribution in [0.5, 0.6) is 11.5 Å². The van der Waals surface area contributed by atoms with Crippen molar-refractivity contribution in [1.82, 2.24) is 10.5 Å². The highest BCUT2D eigenvalue weighted by Crippen LogP contribution is 2.27. The average Bonchev–Trinajstić information content (AvgIpc) is 2.77. The highest BCUT2D eigenvalue weighted by molar-refractivity contribution is 5.41. The lowest BCUT2D eigenvalue weighted by Gasteiger charge is -2.14. The molecule has 0 saturated carbocycles. The van der Waals surface area contributed by atoms with Gasteiger partial charge in [-0.3, -0.25) is 0 Å². The molecule has 2 aromatic rings. The van der Waals surface area contributed by atoms with Gasteiger partial charge in [-0.05, 0) is 38.5 Å². The van der Waals surface area contributed by atoms with E-state index in [2.05, 4.69) is 17.4 Å². The Morgan fingerprint density at radius 1 is 1.40 bits per heavy atom. The molecule has 1 aromatic heterocycles. The van der Waals surface area contributed by atoms with E-state index in [1.165, 1.54) is 0 Å². The van der Waals surface area contributed by atoms with Gasteiger partial charge in [-0.2, -0.15) is 0 Å². The molecule has 0 amide bonds. The van der Waals surface area contributed by atoms with Crippen molar-refractivity contribution >= 4 is 0 Å². The third-order valence-corrected chi connectivity index (χ3v) is 3.38. The van der Waals surface area contributed by atoms with Crippen LogP contribution in [0.3, 0.4) is 0 Å². The van der Waals surface area contributed by atoms with Crippen LogP contribution in [0, 0.1) is 13.8 Å². The molecule has 5 heteroatoms. The Labute approximate surface area is 118 Å². The molecule has 1 unspecified atom stereocenters. The quantitative estimate of drug-likeness (QED) is 0.879. The number of nitrogens with one attached hydrogen (secondary N) is 1. The van der Waals surface area contributed by atoms with Crippen molar-refractivity contribution in [2.75, 3.05) is 7.11 Å². The SMILES string of the molecule is COc1cc(CNC(C)c2c(C)noc2C)ccc1O. The summed E-state index contributed by atoms with van der Waals surface area (Å²) in [4.78, 5) is 0. The number of aromatic nitrogens is 1. The molecule has 0 radical (unpaired) electrons. The van der Waals surface area contributed by atoms with Crippen molar-refractivity contribution in [2.24, 2.45) is 0 Å². The number of ether oxygens (including phenoxy) is 1. The van der Waals surface area contributed by atoms with Crippen LogP contribution in [0.15, 0.2) is 22.7 Å². The van der Waals surface area contributed by atoms with E-state index in [1.54, 1.807) is 13.2 Å². The van der Waals surface area contributed by atoms with E-state index in [0.29, 0.717) is 12.3 Å². The summed E-state index contributed by atoms with van der Waals surface area (Å²) in [6.45, 7) is 6.59. The summed E-state index contributed by atoms with van der Waals surface area (Å²) in [6.07, 6.45) is 0. The molecule has 1 atom stereocenters. The summed E-state index contributed by atoms with van der Waals surface area (Å²) in [5.74, 6) is 1.47. The molecule has 0 spiro atoms. The van der Waals surface area contributed by atoms with E-state index in [4.69, 9.17) is 9.26 Å². The van der Waals surface area contributed by atoms with Crippen molar-refractivity contribution < 1.29 is 14.4 Å². The Kier molecular flexibility index (Phi) is 4.29. The average molecular weight is 276 g/mol. The van der Waals surface area contributed by atoms with Crippen LogP contribution in [0.4, 0.5) is 0 Å². The molecule has 1 aromatic carbocycles. The van der Waals surface area contributed by atoms with Crippen LogP contribution in [0.2, 0.25) is 0 Å². The molecule has 0 aliphatic carbocycles. The van der Waals surface area contributed by atoms with E-state index in [-0.39, 0.29) is 11.8 Å². The van der Waals surface area contributed by atoms with Gasteiger partial charge >= 0.3 is 0 Å². The van der Waals surface area contributed by atoms with E-state index in [9.17, 15) is 5.11 Å². The van der Waals surface area contributed by atoms with Gasteiger partial charge in [0.2, 0.25) is 0 Å². The zero-order valence-corrected chi connectivity index (χ0v) is 12.2. The molecule has 0 fully saturated rings. The second-order valence-electron chi connectivity index (χ2n) is 4.85. The molecular formula is C15H20N2O3. The normalized spacial score (nSPS) is 12.4. The second kappa shape index (κ2) is 5.96. The fourth-order valence-corrected chi connectivity index (χ4v) is 2.31. The Morgan fingerprint density at radius 3 is 2.75 bits per heavy atom. The highest BCUT2D eigenvalue weighted by Gasteiger charge is 2.15. The van der Waals surface area contributed by atoms with Gasteiger partial charge in [-0.15, -0.1) is 0 Å². The Balaban J connectivity index is 2.05. The molecule has 0 bridgehead atoms. The van der Waals surface area contributed by atoms with Crippen molar-refractivity contribution in [3.63, 3.8) is 0 Å². The Bertz CT molecular complexity index is 573. The van der Waals surface area contributed by atoms with Gasteiger partial charge in [0.25, 0.3) is 0 Å². The number of methoxy groups -OCH3 is 1. The smallest absolute Gasteiger partial charge is 0.160 e. The van der Waals surface area contributed by atoms with Gasteiger partial charge in [-0.25, -0.2) is 0 Å². The predicted molar refractivity (Wildman–Crippen MR) is 75.9 cm³/mol. The minimum atomic E-state index is 0.140. The molecule has 1 heterocycles. The molecule has 0 aliphatic heterocycles. The first-order valence-electron chi connectivity index (χ1n) is 6.55. The molecule has 0 saturated heterocycles. The monoisotopic (exact) mass is 276 g/mol. The lowest BCUT2D eigenvalue weighted by atomic mass is 10.1. The maximum absolute atomic E-state index is 9.57. The van der Waals surface area contributed by atoms with Crippen LogP contribution in [0.1, 0.15) is 35.5 Å². The largest absolute Gasteiger partial charge is 0.504 e. The summed E-state index contributed by atoms with van der Waals surface area (Å²) in [5, 5.41) is 16.9. The van der Waals surface area contributed by atoms with Gasteiger partial charge < -0.3 is 19.7 Å². The van der Waals surface area contributed by atoms with Crippen molar-refractivity contribution in [1.29, 1.82) is 0 Å². The van der Waals surface area contributed by atoms with Crippen molar-refractivity contribution in [3.8, 4) is 11.5 Å². The fraction of sp³-hybridized carbons (Fsp3) is 0.400. The minimum Gasteiger partial charge on any atom is -0.504 e. The number of phenolic OH excluding ortho intramolecular Hbond substituents is 1. The van der Waals surface area contributed by atoms with Gasteiger partial charge in [0.15, 0.2) is 11.5 Å². The zero-order valence-electron chi connectivity index (χ0n) is 12.2. The van der Waals surface area contributed by atoms with E-state index in [0.717, 1.165) is 22.6 Å². The van der Waals surface area contributed by atoms with Gasteiger partial charge in [0.05, 0.1) is 12.8 Å². The molecule has 2 N–H and O–H groups in total. The topological polar surface area (TPSA) is 67.5 Å². The van der Waals surface area contributed by atoms with Crippen LogP contribution < -0.4 is 10.1 Å². The number of hydrogen-bond acceptors (Lipinski definition) is 5. The van der Waals surface area contributed by atoms with Gasteiger partial charge in [-0.1, -0.05) is 11.2 Å². The van der Waals surface area contributed by atoms with Crippen LogP contribution in [-0.2, 0) is 6.54 Å². The molecule has 108 valence electrons. The van der Waals surface area contributed by atoms with Crippen LogP contribution in [0.25, 0.3) is 0 Å². The fourth-order valence-electron chi connectivity index (χ4n) is 2.31. The zero-order chi connectivity index (χ0) is 14.7. The van der Waals surface area contributed by atoms with E-state index < -0.39 is 0 Å². The second-order valence-corrected chi connectivity index (χ2v) is 4.85. The number of rotatable bonds is 5. The van der Waals surface area contributed by atoms with Crippen LogP contribution in [-0.4, -0.2) is 17.4 Å². The molecule has 20 heavy (non-hydrogen) atoms. The van der Waals surface area contributed by atoms with Crippen molar-refractivity contribution in [3.05, 3.63) is 40.8 Å². The molecule has 2 rings (SSSR count). The van der Waals surface area contributed by atoms with E-state index >= 15 is 0 Å². The summed E-state index contributed by atoms with van der Waals surface area (Å²) in [5.41, 5.74) is 3.04. The molecule has 0 aliphatic rings. The van der Waals surface area contributed by atoms with E-state index in [1.807, 2.05) is 26.0 Å². The number of aryl methyl sites for hydroxylation is 2. The maximum atomic E-state index is 9.57. The first-order chi connectivity index (χ1) is 9.52. The third kappa shape index (κ3) is 2.93. The third-order valence-electron chi connectivity index (χ3n) is 3.38. The maximum Gasteiger partial charge on any atom is 0.160 e. The number of phenols is 1. The lowest BCUT2D eigenvalue weighted by Crippen LogP contribution is -2.19. The van der Waals surface area contributed by atoms with Gasteiger partial charge in [0.1, 0.15) is 5.76 Å². The standard InChI is InChI=1S/C15H20N2O3/c1-9(15-10(2)17-20-11(15)3)16-8-12-5-6-13(18)14(7-12)19-4/h5-7,9,16,18H,8H2,1-4H3. The number of nitrogens with zero attached hydrogens (tertiary/aromatic N) is 1. The van der Waals surface area contributed by atoms with Crippen LogP contribution >= 0.6 is 0 Å². The van der Waals surface area contributed by atoms with Crippen molar-refractivity contribution in [2.45, 2.75) is 33.4 Å². The number of benzene rings is 1. The Hall–Kier alpha value is -2.01. The molecular weight excluding hydrogens is 256 g/mol. The number of aromatic hydroxyl groups is 1. The summed E-state index contributed by atoms with van der Waals surface area (Å²) in [7, 11) is 1.54. The molecule has 5 nitrogen and oxygen atoms in total.